The molecule has 156 valence electrons. The zero-order chi connectivity index (χ0) is 21.1. The molecule has 8 heteroatoms. The summed E-state index contributed by atoms with van der Waals surface area (Å²) in [5.41, 5.74) is 1.47. The molecule has 2 unspecified atom stereocenters. The van der Waals surface area contributed by atoms with Crippen molar-refractivity contribution in [3.05, 3.63) is 44.2 Å². The lowest BCUT2D eigenvalue weighted by Gasteiger charge is -2.18. The van der Waals surface area contributed by atoms with Gasteiger partial charge >= 0.3 is 5.97 Å². The summed E-state index contributed by atoms with van der Waals surface area (Å²) < 4.78 is 10.9. The average molecular weight is 456 g/mol. The minimum atomic E-state index is -0.818. The standard InChI is InChI=1S/C21H23Cl2NO4S/c1-4-27-21(26)18-14-7-5-11(2)9-17(14)29-20(18)24-19(25)12(3)28-16-8-6-13(22)10-15(16)23/h6,8,10-12H,4-5,7,9H2,1-3H3,(H,24,25). The van der Waals surface area contributed by atoms with Gasteiger partial charge in [-0.2, -0.15) is 0 Å². The summed E-state index contributed by atoms with van der Waals surface area (Å²) in [4.78, 5) is 26.5. The minimum Gasteiger partial charge on any atom is -0.479 e. The Labute approximate surface area is 184 Å². The van der Waals surface area contributed by atoms with Gasteiger partial charge in [0, 0.05) is 9.90 Å². The van der Waals surface area contributed by atoms with Crippen LogP contribution in [0.15, 0.2) is 18.2 Å². The lowest BCUT2D eigenvalue weighted by Crippen LogP contribution is -2.30. The second kappa shape index (κ2) is 9.37. The van der Waals surface area contributed by atoms with E-state index in [9.17, 15) is 9.59 Å². The molecule has 0 spiro atoms. The van der Waals surface area contributed by atoms with Gasteiger partial charge in [-0.1, -0.05) is 30.1 Å². The Bertz CT molecular complexity index is 928. The molecule has 2 aromatic rings. The van der Waals surface area contributed by atoms with Crippen LogP contribution < -0.4 is 10.1 Å². The number of amides is 1. The summed E-state index contributed by atoms with van der Waals surface area (Å²) in [6.45, 7) is 5.86. The topological polar surface area (TPSA) is 64.6 Å². The van der Waals surface area contributed by atoms with Crippen molar-refractivity contribution in [3.8, 4) is 5.75 Å². The lowest BCUT2D eigenvalue weighted by atomic mass is 9.88. The molecule has 0 saturated carbocycles. The van der Waals surface area contributed by atoms with Crippen LogP contribution in [0.25, 0.3) is 0 Å². The van der Waals surface area contributed by atoms with Crippen LogP contribution >= 0.6 is 34.5 Å². The predicted molar refractivity (Wildman–Crippen MR) is 117 cm³/mol. The van der Waals surface area contributed by atoms with E-state index in [-0.39, 0.29) is 12.5 Å². The Morgan fingerprint density at radius 3 is 2.79 bits per heavy atom. The molecular weight excluding hydrogens is 433 g/mol. The van der Waals surface area contributed by atoms with Gasteiger partial charge in [-0.25, -0.2) is 4.79 Å². The van der Waals surface area contributed by atoms with Crippen LogP contribution in [0.2, 0.25) is 10.0 Å². The van der Waals surface area contributed by atoms with Crippen molar-refractivity contribution in [2.45, 2.75) is 46.1 Å². The summed E-state index contributed by atoms with van der Waals surface area (Å²) in [5.74, 6) is 0.148. The molecule has 1 aliphatic carbocycles. The van der Waals surface area contributed by atoms with E-state index < -0.39 is 12.1 Å². The Hall–Kier alpha value is -1.76. The van der Waals surface area contributed by atoms with Crippen LogP contribution in [0, 0.1) is 5.92 Å². The molecule has 5 nitrogen and oxygen atoms in total. The molecule has 0 radical (unpaired) electrons. The van der Waals surface area contributed by atoms with E-state index in [1.54, 1.807) is 32.0 Å². The summed E-state index contributed by atoms with van der Waals surface area (Å²) in [6.07, 6.45) is 1.90. The monoisotopic (exact) mass is 455 g/mol. The number of thiophene rings is 1. The first-order chi connectivity index (χ1) is 13.8. The lowest BCUT2D eigenvalue weighted by molar-refractivity contribution is -0.122. The number of esters is 1. The number of halogens is 2. The summed E-state index contributed by atoms with van der Waals surface area (Å²) in [6, 6.07) is 4.81. The number of nitrogens with one attached hydrogen (secondary N) is 1. The van der Waals surface area contributed by atoms with Crippen molar-refractivity contribution >= 4 is 51.4 Å². The van der Waals surface area contributed by atoms with Crippen molar-refractivity contribution in [1.82, 2.24) is 0 Å². The Kier molecular flexibility index (Phi) is 7.09. The van der Waals surface area contributed by atoms with Gasteiger partial charge in [-0.3, -0.25) is 4.79 Å². The predicted octanol–water partition coefficient (Wildman–Crippen LogP) is 5.76. The highest BCUT2D eigenvalue weighted by Gasteiger charge is 2.30. The van der Waals surface area contributed by atoms with Gasteiger partial charge in [0.25, 0.3) is 5.91 Å². The summed E-state index contributed by atoms with van der Waals surface area (Å²) >= 11 is 13.5. The molecule has 1 amide bonds. The van der Waals surface area contributed by atoms with E-state index in [4.69, 9.17) is 32.7 Å². The van der Waals surface area contributed by atoms with Gasteiger partial charge in [0.15, 0.2) is 6.10 Å². The second-order valence-electron chi connectivity index (χ2n) is 7.10. The third kappa shape index (κ3) is 5.05. The van der Waals surface area contributed by atoms with Crippen LogP contribution in [0.3, 0.4) is 0 Å². The first-order valence-electron chi connectivity index (χ1n) is 9.54. The highest BCUT2D eigenvalue weighted by molar-refractivity contribution is 7.17. The van der Waals surface area contributed by atoms with Crippen LogP contribution in [-0.2, 0) is 22.4 Å². The fraction of sp³-hybridized carbons (Fsp3) is 0.429. The maximum absolute atomic E-state index is 12.8. The molecule has 1 aromatic heterocycles. The first-order valence-corrected chi connectivity index (χ1v) is 11.1. The van der Waals surface area contributed by atoms with Crippen molar-refractivity contribution in [1.29, 1.82) is 0 Å². The number of rotatable bonds is 6. The third-order valence-corrected chi connectivity index (χ3v) is 6.50. The molecule has 0 saturated heterocycles. The quantitative estimate of drug-likeness (QED) is 0.561. The second-order valence-corrected chi connectivity index (χ2v) is 9.05. The Morgan fingerprint density at radius 2 is 2.10 bits per heavy atom. The molecule has 0 bridgehead atoms. The van der Waals surface area contributed by atoms with Gasteiger partial charge in [0.05, 0.1) is 17.2 Å². The molecule has 1 aromatic carbocycles. The van der Waals surface area contributed by atoms with E-state index in [2.05, 4.69) is 12.2 Å². The van der Waals surface area contributed by atoms with E-state index in [1.165, 1.54) is 11.3 Å². The summed E-state index contributed by atoms with van der Waals surface area (Å²) in [5, 5.41) is 4.18. The average Bonchev–Trinajstić information content (AvgIpc) is 3.00. The summed E-state index contributed by atoms with van der Waals surface area (Å²) in [7, 11) is 0. The number of fused-ring (bicyclic) bond motifs is 1. The van der Waals surface area contributed by atoms with Crippen molar-refractivity contribution < 1.29 is 19.1 Å². The number of anilines is 1. The number of ether oxygens (including phenoxy) is 2. The van der Waals surface area contributed by atoms with Gasteiger partial charge in [0.1, 0.15) is 10.8 Å². The molecule has 1 aliphatic rings. The maximum atomic E-state index is 12.8. The van der Waals surface area contributed by atoms with E-state index >= 15 is 0 Å². The normalized spacial score (nSPS) is 16.7. The van der Waals surface area contributed by atoms with Gasteiger partial charge in [-0.05, 0) is 62.8 Å². The molecule has 1 N–H and O–H groups in total. The van der Waals surface area contributed by atoms with Crippen LogP contribution in [0.5, 0.6) is 5.75 Å². The van der Waals surface area contributed by atoms with Crippen LogP contribution in [0.4, 0.5) is 5.00 Å². The third-order valence-electron chi connectivity index (χ3n) is 4.79. The van der Waals surface area contributed by atoms with Gasteiger partial charge in [-0.15, -0.1) is 11.3 Å². The fourth-order valence-corrected chi connectivity index (χ4v) is 5.14. The molecule has 2 atom stereocenters. The number of hydrogen-bond donors (Lipinski definition) is 1. The van der Waals surface area contributed by atoms with Crippen LogP contribution in [-0.4, -0.2) is 24.6 Å². The Balaban J connectivity index is 1.81. The number of benzene rings is 1. The van der Waals surface area contributed by atoms with E-state index in [1.807, 2.05) is 0 Å². The fourth-order valence-electron chi connectivity index (χ4n) is 3.29. The van der Waals surface area contributed by atoms with Gasteiger partial charge in [0.2, 0.25) is 0 Å². The highest BCUT2D eigenvalue weighted by atomic mass is 35.5. The van der Waals surface area contributed by atoms with E-state index in [0.29, 0.717) is 32.3 Å². The van der Waals surface area contributed by atoms with Crippen LogP contribution in [0.1, 0.15) is 48.0 Å². The van der Waals surface area contributed by atoms with Crippen molar-refractivity contribution in [3.63, 3.8) is 0 Å². The first kappa shape index (κ1) is 21.9. The SMILES string of the molecule is CCOC(=O)c1c(NC(=O)C(C)Oc2ccc(Cl)cc2Cl)sc2c1CCC(C)C2. The zero-order valence-electron chi connectivity index (χ0n) is 16.5. The number of carbonyl (C=O) groups excluding carboxylic acids is 2. The molecule has 29 heavy (non-hydrogen) atoms. The van der Waals surface area contributed by atoms with Crippen molar-refractivity contribution in [2.75, 3.05) is 11.9 Å². The minimum absolute atomic E-state index is 0.280. The smallest absolute Gasteiger partial charge is 0.341 e. The number of hydrogen-bond acceptors (Lipinski definition) is 5. The molecular formula is C21H23Cl2NO4S. The van der Waals surface area contributed by atoms with Crippen molar-refractivity contribution in [2.24, 2.45) is 5.92 Å². The maximum Gasteiger partial charge on any atom is 0.341 e. The molecule has 1 heterocycles. The largest absolute Gasteiger partial charge is 0.479 e. The Morgan fingerprint density at radius 1 is 1.34 bits per heavy atom. The zero-order valence-corrected chi connectivity index (χ0v) is 18.8. The number of carbonyl (C=O) groups is 2. The van der Waals surface area contributed by atoms with E-state index in [0.717, 1.165) is 29.7 Å². The molecule has 0 fully saturated rings. The molecule has 0 aliphatic heterocycles. The highest BCUT2D eigenvalue weighted by Crippen LogP contribution is 2.40. The molecule has 3 rings (SSSR count). The van der Waals surface area contributed by atoms with Gasteiger partial charge < -0.3 is 14.8 Å².